The number of fused-ring (bicyclic) bond motifs is 1. The molecule has 2 rings (SSSR count). The van der Waals surface area contributed by atoms with Crippen molar-refractivity contribution in [3.8, 4) is 5.75 Å². The second-order valence-corrected chi connectivity index (χ2v) is 3.51. The number of rotatable bonds is 4. The number of ether oxygens (including phenoxy) is 1. The van der Waals surface area contributed by atoms with E-state index in [1.807, 2.05) is 24.3 Å². The van der Waals surface area contributed by atoms with Crippen LogP contribution in [0.5, 0.6) is 5.75 Å². The molecule has 0 atom stereocenters. The average molecular weight is 210 g/mol. The Morgan fingerprint density at radius 1 is 1.06 bits per heavy atom. The summed E-state index contributed by atoms with van der Waals surface area (Å²) in [6, 6.07) is 12.3. The summed E-state index contributed by atoms with van der Waals surface area (Å²) in [7, 11) is 0. The molecule has 0 heterocycles. The molecule has 0 fully saturated rings. The maximum Gasteiger partial charge on any atom is 0.134 e. The molecule has 0 saturated carbocycles. The molecule has 0 aromatic heterocycles. The van der Waals surface area contributed by atoms with E-state index >= 15 is 0 Å². The van der Waals surface area contributed by atoms with Gasteiger partial charge >= 0.3 is 0 Å². The first-order chi connectivity index (χ1) is 7.86. The molecule has 0 unspecified atom stereocenters. The number of hydrogen-bond acceptors (Lipinski definition) is 1. The molecule has 2 aromatic carbocycles. The SMILES string of the molecule is C=CCOc1c(C=C)ccc2ccccc12. The van der Waals surface area contributed by atoms with E-state index in [1.165, 1.54) is 5.39 Å². The lowest BCUT2D eigenvalue weighted by Crippen LogP contribution is -1.96. The Kier molecular flexibility index (Phi) is 3.06. The molecule has 0 N–H and O–H groups in total. The predicted molar refractivity (Wildman–Crippen MR) is 69.7 cm³/mol. The number of hydrogen-bond donors (Lipinski definition) is 0. The monoisotopic (exact) mass is 210 g/mol. The van der Waals surface area contributed by atoms with Crippen molar-refractivity contribution in [1.29, 1.82) is 0 Å². The Morgan fingerprint density at radius 3 is 2.62 bits per heavy atom. The quantitative estimate of drug-likeness (QED) is 0.692. The van der Waals surface area contributed by atoms with Crippen LogP contribution in [0.1, 0.15) is 5.56 Å². The zero-order valence-corrected chi connectivity index (χ0v) is 9.15. The highest BCUT2D eigenvalue weighted by Crippen LogP contribution is 2.30. The third-order valence-electron chi connectivity index (χ3n) is 2.48. The van der Waals surface area contributed by atoms with Gasteiger partial charge < -0.3 is 4.74 Å². The second kappa shape index (κ2) is 4.67. The Balaban J connectivity index is 2.62. The predicted octanol–water partition coefficient (Wildman–Crippen LogP) is 4.05. The van der Waals surface area contributed by atoms with Crippen molar-refractivity contribution in [3.63, 3.8) is 0 Å². The zero-order valence-electron chi connectivity index (χ0n) is 9.15. The summed E-state index contributed by atoms with van der Waals surface area (Å²) < 4.78 is 5.70. The van der Waals surface area contributed by atoms with E-state index in [0.717, 1.165) is 16.7 Å². The average Bonchev–Trinajstić information content (AvgIpc) is 2.35. The van der Waals surface area contributed by atoms with Crippen molar-refractivity contribution in [3.05, 3.63) is 61.2 Å². The highest BCUT2D eigenvalue weighted by molar-refractivity contribution is 5.91. The first-order valence-electron chi connectivity index (χ1n) is 5.24. The normalized spacial score (nSPS) is 10.0. The third-order valence-corrected chi connectivity index (χ3v) is 2.48. The van der Waals surface area contributed by atoms with E-state index in [4.69, 9.17) is 4.74 Å². The van der Waals surface area contributed by atoms with Crippen LogP contribution in [-0.4, -0.2) is 6.61 Å². The molecule has 0 aliphatic carbocycles. The summed E-state index contributed by atoms with van der Waals surface area (Å²) in [6.45, 7) is 7.97. The van der Waals surface area contributed by atoms with Crippen LogP contribution in [-0.2, 0) is 0 Å². The van der Waals surface area contributed by atoms with Crippen LogP contribution in [0.4, 0.5) is 0 Å². The summed E-state index contributed by atoms with van der Waals surface area (Å²) in [6.07, 6.45) is 3.56. The van der Waals surface area contributed by atoms with Gasteiger partial charge in [0.15, 0.2) is 0 Å². The lowest BCUT2D eigenvalue weighted by molar-refractivity contribution is 0.367. The topological polar surface area (TPSA) is 9.23 Å². The fourth-order valence-electron chi connectivity index (χ4n) is 1.72. The van der Waals surface area contributed by atoms with E-state index in [-0.39, 0.29) is 0 Å². The second-order valence-electron chi connectivity index (χ2n) is 3.51. The molecule has 0 aliphatic rings. The molecular weight excluding hydrogens is 196 g/mol. The van der Waals surface area contributed by atoms with Crippen molar-refractivity contribution in [2.75, 3.05) is 6.61 Å². The van der Waals surface area contributed by atoms with Crippen LogP contribution in [0.25, 0.3) is 16.8 Å². The molecule has 0 saturated heterocycles. The Morgan fingerprint density at radius 2 is 1.88 bits per heavy atom. The Bertz CT molecular complexity index is 526. The maximum atomic E-state index is 5.70. The summed E-state index contributed by atoms with van der Waals surface area (Å²) in [5.74, 6) is 0.882. The third kappa shape index (κ3) is 1.84. The molecule has 2 aromatic rings. The van der Waals surface area contributed by atoms with Gasteiger partial charge in [0.1, 0.15) is 12.4 Å². The lowest BCUT2D eigenvalue weighted by atomic mass is 10.1. The fourth-order valence-corrected chi connectivity index (χ4v) is 1.72. The maximum absolute atomic E-state index is 5.70. The van der Waals surface area contributed by atoms with Gasteiger partial charge in [0.05, 0.1) is 0 Å². The molecule has 80 valence electrons. The van der Waals surface area contributed by atoms with E-state index in [2.05, 4.69) is 31.4 Å². The Hall–Kier alpha value is -2.02. The molecule has 0 spiro atoms. The van der Waals surface area contributed by atoms with Crippen molar-refractivity contribution < 1.29 is 4.74 Å². The molecule has 0 radical (unpaired) electrons. The van der Waals surface area contributed by atoms with Gasteiger partial charge in [0.25, 0.3) is 0 Å². The molecule has 1 heteroatoms. The first kappa shape index (κ1) is 10.5. The standard InChI is InChI=1S/C15H14O/c1-3-11-16-15-12(4-2)9-10-13-7-5-6-8-14(13)15/h3-10H,1-2,11H2. The first-order valence-corrected chi connectivity index (χ1v) is 5.24. The van der Waals surface area contributed by atoms with Crippen LogP contribution < -0.4 is 4.74 Å². The van der Waals surface area contributed by atoms with Gasteiger partial charge in [-0.1, -0.05) is 61.7 Å². The summed E-state index contributed by atoms with van der Waals surface area (Å²) in [5, 5.41) is 2.29. The Labute approximate surface area is 95.7 Å². The van der Waals surface area contributed by atoms with Gasteiger partial charge in [-0.25, -0.2) is 0 Å². The minimum absolute atomic E-state index is 0.509. The van der Waals surface area contributed by atoms with Crippen molar-refractivity contribution in [2.45, 2.75) is 0 Å². The fraction of sp³-hybridized carbons (Fsp3) is 0.0667. The summed E-state index contributed by atoms with van der Waals surface area (Å²) in [4.78, 5) is 0. The van der Waals surface area contributed by atoms with E-state index in [0.29, 0.717) is 6.61 Å². The van der Waals surface area contributed by atoms with Gasteiger partial charge in [0.2, 0.25) is 0 Å². The van der Waals surface area contributed by atoms with Crippen molar-refractivity contribution >= 4 is 16.8 Å². The summed E-state index contributed by atoms with van der Waals surface area (Å²) in [5.41, 5.74) is 1.01. The molecule has 0 amide bonds. The van der Waals surface area contributed by atoms with Crippen LogP contribution in [0.2, 0.25) is 0 Å². The molecule has 0 aliphatic heterocycles. The van der Waals surface area contributed by atoms with Gasteiger partial charge in [-0.3, -0.25) is 0 Å². The summed E-state index contributed by atoms with van der Waals surface area (Å²) >= 11 is 0. The lowest BCUT2D eigenvalue weighted by Gasteiger charge is -2.10. The zero-order chi connectivity index (χ0) is 11.4. The molecule has 16 heavy (non-hydrogen) atoms. The largest absolute Gasteiger partial charge is 0.488 e. The minimum atomic E-state index is 0.509. The smallest absolute Gasteiger partial charge is 0.134 e. The van der Waals surface area contributed by atoms with Crippen molar-refractivity contribution in [1.82, 2.24) is 0 Å². The van der Waals surface area contributed by atoms with Crippen LogP contribution in [0.3, 0.4) is 0 Å². The van der Waals surface area contributed by atoms with E-state index in [9.17, 15) is 0 Å². The van der Waals surface area contributed by atoms with E-state index in [1.54, 1.807) is 6.08 Å². The van der Waals surface area contributed by atoms with E-state index < -0.39 is 0 Å². The van der Waals surface area contributed by atoms with Crippen molar-refractivity contribution in [2.24, 2.45) is 0 Å². The minimum Gasteiger partial charge on any atom is -0.488 e. The number of benzene rings is 2. The highest BCUT2D eigenvalue weighted by Gasteiger charge is 2.05. The van der Waals surface area contributed by atoms with Gasteiger partial charge in [0, 0.05) is 10.9 Å². The van der Waals surface area contributed by atoms with Gasteiger partial charge in [-0.05, 0) is 5.39 Å². The van der Waals surface area contributed by atoms with Crippen LogP contribution >= 0.6 is 0 Å². The molecule has 0 bridgehead atoms. The molecule has 1 nitrogen and oxygen atoms in total. The van der Waals surface area contributed by atoms with Gasteiger partial charge in [-0.2, -0.15) is 0 Å². The van der Waals surface area contributed by atoms with Crippen LogP contribution in [0, 0.1) is 0 Å². The molecular formula is C15H14O. The van der Waals surface area contributed by atoms with Gasteiger partial charge in [-0.15, -0.1) is 0 Å². The van der Waals surface area contributed by atoms with Crippen LogP contribution in [0.15, 0.2) is 55.6 Å². The highest BCUT2D eigenvalue weighted by atomic mass is 16.5.